The van der Waals surface area contributed by atoms with Crippen LogP contribution in [0.2, 0.25) is 0 Å². The number of amides is 1. The molecule has 0 unspecified atom stereocenters. The van der Waals surface area contributed by atoms with Gasteiger partial charge >= 0.3 is 6.09 Å². The second kappa shape index (κ2) is 8.09. The lowest BCUT2D eigenvalue weighted by molar-refractivity contribution is 0.0521. The first kappa shape index (κ1) is 20.0. The highest BCUT2D eigenvalue weighted by Gasteiger charge is 2.24. The van der Waals surface area contributed by atoms with Gasteiger partial charge in [0.1, 0.15) is 17.2 Å². The van der Waals surface area contributed by atoms with E-state index in [4.69, 9.17) is 9.47 Å². The quantitative estimate of drug-likeness (QED) is 0.805. The number of nitrogens with one attached hydrogen (secondary N) is 1. The number of benzene rings is 2. The zero-order chi connectivity index (χ0) is 20.3. The van der Waals surface area contributed by atoms with Crippen LogP contribution in [0.3, 0.4) is 0 Å². The number of hydrogen-bond donors (Lipinski definition) is 1. The van der Waals surface area contributed by atoms with Crippen molar-refractivity contribution in [2.45, 2.75) is 38.7 Å². The third-order valence-corrected chi connectivity index (χ3v) is 4.65. The third-order valence-electron chi connectivity index (χ3n) is 4.65. The normalized spacial score (nSPS) is 16.0. The second-order valence-electron chi connectivity index (χ2n) is 7.97. The van der Waals surface area contributed by atoms with E-state index in [1.54, 1.807) is 12.1 Å². The highest BCUT2D eigenvalue weighted by atomic mass is 19.1. The van der Waals surface area contributed by atoms with Crippen LogP contribution in [0, 0.1) is 5.82 Å². The predicted molar refractivity (Wildman–Crippen MR) is 108 cm³/mol. The lowest BCUT2D eigenvalue weighted by atomic mass is 9.92. The summed E-state index contributed by atoms with van der Waals surface area (Å²) in [7, 11) is 1.93. The molecule has 5 nitrogen and oxygen atoms in total. The Morgan fingerprint density at radius 2 is 1.89 bits per heavy atom. The molecule has 1 amide bonds. The SMILES string of the molecule is CN(c1ccc(F)cc1)c1ccc2c(c1)OCC[C@H]2CNC(=O)OC(C)(C)C. The van der Waals surface area contributed by atoms with Crippen LogP contribution < -0.4 is 15.0 Å². The van der Waals surface area contributed by atoms with Gasteiger partial charge in [-0.2, -0.15) is 0 Å². The molecule has 1 aliphatic rings. The maximum atomic E-state index is 13.2. The van der Waals surface area contributed by atoms with E-state index in [1.807, 2.05) is 50.9 Å². The van der Waals surface area contributed by atoms with E-state index in [1.165, 1.54) is 12.1 Å². The lowest BCUT2D eigenvalue weighted by Gasteiger charge is -2.28. The first-order chi connectivity index (χ1) is 13.2. The van der Waals surface area contributed by atoms with E-state index in [9.17, 15) is 9.18 Å². The molecule has 0 radical (unpaired) electrons. The molecule has 0 saturated carbocycles. The minimum atomic E-state index is -0.516. The molecular formula is C22H27FN2O3. The zero-order valence-corrected chi connectivity index (χ0v) is 16.8. The summed E-state index contributed by atoms with van der Waals surface area (Å²) in [4.78, 5) is 13.9. The van der Waals surface area contributed by atoms with Crippen LogP contribution in [-0.4, -0.2) is 31.9 Å². The van der Waals surface area contributed by atoms with Gasteiger partial charge in [-0.15, -0.1) is 0 Å². The highest BCUT2D eigenvalue weighted by molar-refractivity contribution is 5.68. The van der Waals surface area contributed by atoms with Crippen LogP contribution in [0.25, 0.3) is 0 Å². The smallest absolute Gasteiger partial charge is 0.407 e. The molecule has 1 heterocycles. The molecule has 0 bridgehead atoms. The molecular weight excluding hydrogens is 359 g/mol. The van der Waals surface area contributed by atoms with Gasteiger partial charge in [-0.3, -0.25) is 0 Å². The number of ether oxygens (including phenoxy) is 2. The molecule has 0 aromatic heterocycles. The van der Waals surface area contributed by atoms with E-state index >= 15 is 0 Å². The number of rotatable bonds is 4. The van der Waals surface area contributed by atoms with Crippen LogP contribution in [0.15, 0.2) is 42.5 Å². The van der Waals surface area contributed by atoms with Crippen LogP contribution in [0.1, 0.15) is 38.7 Å². The van der Waals surface area contributed by atoms with Crippen LogP contribution >= 0.6 is 0 Å². The molecule has 0 fully saturated rings. The highest BCUT2D eigenvalue weighted by Crippen LogP contribution is 2.37. The topological polar surface area (TPSA) is 50.8 Å². The maximum absolute atomic E-state index is 13.2. The van der Waals surface area contributed by atoms with Gasteiger partial charge in [0.05, 0.1) is 6.61 Å². The second-order valence-corrected chi connectivity index (χ2v) is 7.97. The van der Waals surface area contributed by atoms with E-state index < -0.39 is 11.7 Å². The third kappa shape index (κ3) is 4.94. The van der Waals surface area contributed by atoms with Crippen molar-refractivity contribution in [2.24, 2.45) is 0 Å². The van der Waals surface area contributed by atoms with Gasteiger partial charge in [0, 0.05) is 37.0 Å². The van der Waals surface area contributed by atoms with Crippen molar-refractivity contribution >= 4 is 17.5 Å². The van der Waals surface area contributed by atoms with Crippen molar-refractivity contribution in [3.05, 3.63) is 53.8 Å². The molecule has 0 saturated heterocycles. The summed E-state index contributed by atoms with van der Waals surface area (Å²) in [5.41, 5.74) is 2.39. The molecule has 2 aromatic rings. The summed E-state index contributed by atoms with van der Waals surface area (Å²) in [5.74, 6) is 0.724. The first-order valence-corrected chi connectivity index (χ1v) is 9.46. The number of alkyl carbamates (subject to hydrolysis) is 1. The number of fused-ring (bicyclic) bond motifs is 1. The van der Waals surface area contributed by atoms with E-state index in [-0.39, 0.29) is 11.7 Å². The van der Waals surface area contributed by atoms with E-state index in [2.05, 4.69) is 5.32 Å². The molecule has 2 aromatic carbocycles. The summed E-state index contributed by atoms with van der Waals surface area (Å²) in [5, 5.41) is 2.86. The maximum Gasteiger partial charge on any atom is 0.407 e. The van der Waals surface area contributed by atoms with Crippen LogP contribution in [0.5, 0.6) is 5.75 Å². The van der Waals surface area contributed by atoms with Crippen LogP contribution in [0.4, 0.5) is 20.6 Å². The fraction of sp³-hybridized carbons (Fsp3) is 0.409. The van der Waals surface area contributed by atoms with Crippen molar-refractivity contribution < 1.29 is 18.7 Å². The molecule has 0 spiro atoms. The average molecular weight is 386 g/mol. The minimum absolute atomic E-state index is 0.168. The van der Waals surface area contributed by atoms with Gasteiger partial charge in [0.2, 0.25) is 0 Å². The predicted octanol–water partition coefficient (Wildman–Crippen LogP) is 4.98. The van der Waals surface area contributed by atoms with Gasteiger partial charge < -0.3 is 19.7 Å². The van der Waals surface area contributed by atoms with Crippen molar-refractivity contribution in [3.63, 3.8) is 0 Å². The number of anilines is 2. The minimum Gasteiger partial charge on any atom is -0.493 e. The van der Waals surface area contributed by atoms with E-state index in [0.29, 0.717) is 13.2 Å². The van der Waals surface area contributed by atoms with Crippen molar-refractivity contribution in [1.82, 2.24) is 5.32 Å². The largest absolute Gasteiger partial charge is 0.493 e. The molecule has 1 aliphatic heterocycles. The number of carbonyl (C=O) groups excluding carboxylic acids is 1. The van der Waals surface area contributed by atoms with Gasteiger partial charge in [-0.1, -0.05) is 6.07 Å². The summed E-state index contributed by atoms with van der Waals surface area (Å²) < 4.78 is 24.3. The molecule has 28 heavy (non-hydrogen) atoms. The summed E-state index contributed by atoms with van der Waals surface area (Å²) in [6.07, 6.45) is 0.420. The van der Waals surface area contributed by atoms with Crippen LogP contribution in [-0.2, 0) is 4.74 Å². The number of carbonyl (C=O) groups is 1. The van der Waals surface area contributed by atoms with Gasteiger partial charge in [-0.25, -0.2) is 9.18 Å². The average Bonchev–Trinajstić information content (AvgIpc) is 2.64. The molecule has 3 rings (SSSR count). The van der Waals surface area contributed by atoms with Gasteiger partial charge in [0.15, 0.2) is 0 Å². The van der Waals surface area contributed by atoms with Crippen molar-refractivity contribution in [3.8, 4) is 5.75 Å². The molecule has 0 aliphatic carbocycles. The fourth-order valence-corrected chi connectivity index (χ4v) is 3.21. The zero-order valence-electron chi connectivity index (χ0n) is 16.8. The molecule has 1 atom stereocenters. The Bertz CT molecular complexity index is 831. The number of nitrogens with zero attached hydrogens (tertiary/aromatic N) is 1. The Morgan fingerprint density at radius 3 is 2.57 bits per heavy atom. The summed E-state index contributed by atoms with van der Waals surface area (Å²) in [6, 6.07) is 12.4. The van der Waals surface area contributed by atoms with Crippen molar-refractivity contribution in [2.75, 3.05) is 25.1 Å². The van der Waals surface area contributed by atoms with Gasteiger partial charge in [-0.05, 0) is 63.1 Å². The monoisotopic (exact) mass is 386 g/mol. The van der Waals surface area contributed by atoms with E-state index in [0.717, 1.165) is 29.1 Å². The first-order valence-electron chi connectivity index (χ1n) is 9.46. The Kier molecular flexibility index (Phi) is 5.77. The Balaban J connectivity index is 1.71. The Morgan fingerprint density at radius 1 is 1.21 bits per heavy atom. The standard InChI is InChI=1S/C22H27FN2O3/c1-22(2,3)28-21(26)24-14-15-11-12-27-20-13-18(9-10-19(15)20)25(4)17-7-5-16(23)6-8-17/h5-10,13,15H,11-12,14H2,1-4H3,(H,24,26)/t15-/m0/s1. The van der Waals surface area contributed by atoms with Crippen molar-refractivity contribution in [1.29, 1.82) is 0 Å². The molecule has 150 valence electrons. The Hall–Kier alpha value is -2.76. The van der Waals surface area contributed by atoms with Gasteiger partial charge in [0.25, 0.3) is 0 Å². The summed E-state index contributed by atoms with van der Waals surface area (Å²) >= 11 is 0. The fourth-order valence-electron chi connectivity index (χ4n) is 3.21. The lowest BCUT2D eigenvalue weighted by Crippen LogP contribution is -2.35. The number of hydrogen-bond acceptors (Lipinski definition) is 4. The Labute approximate surface area is 165 Å². The summed E-state index contributed by atoms with van der Waals surface area (Å²) in [6.45, 7) is 6.62. The number of halogens is 1. The molecule has 6 heteroatoms. The molecule has 1 N–H and O–H groups in total.